The number of nitrogens with one attached hydrogen (secondary N) is 1. The Balaban J connectivity index is 2.10. The predicted octanol–water partition coefficient (Wildman–Crippen LogP) is 3.36. The third-order valence-electron chi connectivity index (χ3n) is 2.67. The molecule has 19 heavy (non-hydrogen) atoms. The minimum Gasteiger partial charge on any atom is -0.381 e. The van der Waals surface area contributed by atoms with E-state index in [0.29, 0.717) is 16.5 Å². The van der Waals surface area contributed by atoms with Crippen molar-refractivity contribution in [1.82, 2.24) is 0 Å². The average Bonchev–Trinajstić information content (AvgIpc) is 2.37. The van der Waals surface area contributed by atoms with Crippen LogP contribution in [0, 0.1) is 0 Å². The Bertz CT molecular complexity index is 666. The van der Waals surface area contributed by atoms with Gasteiger partial charge in [-0.05, 0) is 35.9 Å². The first-order valence-electron chi connectivity index (χ1n) is 5.73. The van der Waals surface area contributed by atoms with E-state index in [1.54, 1.807) is 18.2 Å². The average molecular weight is 296 g/mol. The Morgan fingerprint density at radius 2 is 1.79 bits per heavy atom. The van der Waals surface area contributed by atoms with Gasteiger partial charge < -0.3 is 5.32 Å². The van der Waals surface area contributed by atoms with Crippen LogP contribution in [-0.2, 0) is 16.4 Å². The molecule has 5 heteroatoms. The first-order chi connectivity index (χ1) is 8.95. The molecule has 0 saturated carbocycles. The quantitative estimate of drug-likeness (QED) is 0.941. The smallest absolute Gasteiger partial charge is 0.175 e. The van der Waals surface area contributed by atoms with E-state index in [4.69, 9.17) is 11.6 Å². The second-order valence-corrected chi connectivity index (χ2v) is 6.73. The Kier molecular flexibility index (Phi) is 4.12. The second kappa shape index (κ2) is 5.63. The molecule has 2 rings (SSSR count). The summed E-state index contributed by atoms with van der Waals surface area (Å²) in [6.07, 6.45) is 1.20. The van der Waals surface area contributed by atoms with Gasteiger partial charge in [-0.2, -0.15) is 0 Å². The standard InChI is InChI=1S/C14H14ClNO2S/c1-19(17,18)14-4-2-3-13(9-14)16-10-11-5-7-12(15)8-6-11/h2-9,16H,10H2,1H3. The lowest BCUT2D eigenvalue weighted by Gasteiger charge is -2.08. The topological polar surface area (TPSA) is 46.2 Å². The first kappa shape index (κ1) is 13.9. The van der Waals surface area contributed by atoms with Crippen molar-refractivity contribution >= 4 is 27.1 Å². The summed E-state index contributed by atoms with van der Waals surface area (Å²) in [5.74, 6) is 0. The summed E-state index contributed by atoms with van der Waals surface area (Å²) in [6.45, 7) is 0.615. The molecule has 0 aliphatic carbocycles. The number of hydrogen-bond donors (Lipinski definition) is 1. The molecule has 0 bridgehead atoms. The zero-order valence-electron chi connectivity index (χ0n) is 10.4. The van der Waals surface area contributed by atoms with E-state index in [1.165, 1.54) is 6.26 Å². The molecular weight excluding hydrogens is 282 g/mol. The summed E-state index contributed by atoms with van der Waals surface area (Å²) in [6, 6.07) is 14.3. The minimum atomic E-state index is -3.17. The van der Waals surface area contributed by atoms with E-state index in [1.807, 2.05) is 30.3 Å². The molecule has 3 nitrogen and oxygen atoms in total. The van der Waals surface area contributed by atoms with Crippen molar-refractivity contribution in [3.63, 3.8) is 0 Å². The number of hydrogen-bond acceptors (Lipinski definition) is 3. The maximum atomic E-state index is 11.5. The molecule has 0 aliphatic rings. The number of rotatable bonds is 4. The summed E-state index contributed by atoms with van der Waals surface area (Å²) in [4.78, 5) is 0.314. The van der Waals surface area contributed by atoms with Crippen molar-refractivity contribution in [2.45, 2.75) is 11.4 Å². The molecule has 0 unspecified atom stereocenters. The number of halogens is 1. The summed E-state index contributed by atoms with van der Waals surface area (Å²) in [5.41, 5.74) is 1.85. The van der Waals surface area contributed by atoms with Crippen LogP contribution >= 0.6 is 11.6 Å². The van der Waals surface area contributed by atoms with Crippen LogP contribution in [0.25, 0.3) is 0 Å². The van der Waals surface area contributed by atoms with E-state index in [0.717, 1.165) is 11.3 Å². The largest absolute Gasteiger partial charge is 0.381 e. The van der Waals surface area contributed by atoms with Gasteiger partial charge >= 0.3 is 0 Å². The van der Waals surface area contributed by atoms with Crippen molar-refractivity contribution in [2.24, 2.45) is 0 Å². The highest BCUT2D eigenvalue weighted by molar-refractivity contribution is 7.90. The lowest BCUT2D eigenvalue weighted by atomic mass is 10.2. The molecule has 1 N–H and O–H groups in total. The van der Waals surface area contributed by atoms with Gasteiger partial charge in [-0.25, -0.2) is 8.42 Å². The van der Waals surface area contributed by atoms with Gasteiger partial charge in [0.25, 0.3) is 0 Å². The molecule has 0 aromatic heterocycles. The van der Waals surface area contributed by atoms with Gasteiger partial charge in [-0.15, -0.1) is 0 Å². The van der Waals surface area contributed by atoms with Crippen molar-refractivity contribution < 1.29 is 8.42 Å². The molecule has 0 saturated heterocycles. The van der Waals surface area contributed by atoms with E-state index >= 15 is 0 Å². The fraction of sp³-hybridized carbons (Fsp3) is 0.143. The molecule has 0 fully saturated rings. The van der Waals surface area contributed by atoms with Crippen LogP contribution in [0.1, 0.15) is 5.56 Å². The van der Waals surface area contributed by atoms with Crippen molar-refractivity contribution in [1.29, 1.82) is 0 Å². The Hall–Kier alpha value is -1.52. The zero-order chi connectivity index (χ0) is 13.9. The molecule has 0 amide bonds. The van der Waals surface area contributed by atoms with Gasteiger partial charge in [-0.1, -0.05) is 29.8 Å². The molecule has 0 atom stereocenters. The first-order valence-corrected chi connectivity index (χ1v) is 8.00. The third-order valence-corrected chi connectivity index (χ3v) is 4.03. The highest BCUT2D eigenvalue weighted by Crippen LogP contribution is 2.16. The van der Waals surface area contributed by atoms with Crippen molar-refractivity contribution in [3.05, 3.63) is 59.1 Å². The van der Waals surface area contributed by atoms with Crippen LogP contribution in [0.15, 0.2) is 53.4 Å². The molecular formula is C14H14ClNO2S. The molecule has 0 radical (unpaired) electrons. The summed E-state index contributed by atoms with van der Waals surface area (Å²) < 4.78 is 22.9. The Morgan fingerprint density at radius 1 is 1.11 bits per heavy atom. The van der Waals surface area contributed by atoms with Crippen molar-refractivity contribution in [2.75, 3.05) is 11.6 Å². The van der Waals surface area contributed by atoms with Crippen LogP contribution < -0.4 is 5.32 Å². The minimum absolute atomic E-state index is 0.314. The van der Waals surface area contributed by atoms with E-state index in [9.17, 15) is 8.42 Å². The molecule has 2 aromatic carbocycles. The van der Waals surface area contributed by atoms with Gasteiger partial charge in [0.15, 0.2) is 9.84 Å². The monoisotopic (exact) mass is 295 g/mol. The fourth-order valence-corrected chi connectivity index (χ4v) is 2.44. The van der Waals surface area contributed by atoms with Crippen LogP contribution in [-0.4, -0.2) is 14.7 Å². The number of benzene rings is 2. The third kappa shape index (κ3) is 3.98. The van der Waals surface area contributed by atoms with E-state index in [2.05, 4.69) is 5.32 Å². The molecule has 100 valence electrons. The SMILES string of the molecule is CS(=O)(=O)c1cccc(NCc2ccc(Cl)cc2)c1. The van der Waals surface area contributed by atoms with Crippen LogP contribution in [0.2, 0.25) is 5.02 Å². The molecule has 0 heterocycles. The Labute approximate surface area is 118 Å². The number of anilines is 1. The fourth-order valence-electron chi connectivity index (χ4n) is 1.64. The maximum absolute atomic E-state index is 11.5. The highest BCUT2D eigenvalue weighted by Gasteiger charge is 2.06. The summed E-state index contributed by atoms with van der Waals surface area (Å²) in [7, 11) is -3.17. The van der Waals surface area contributed by atoms with Crippen LogP contribution in [0.3, 0.4) is 0 Å². The zero-order valence-corrected chi connectivity index (χ0v) is 12.0. The van der Waals surface area contributed by atoms with Crippen LogP contribution in [0.5, 0.6) is 0 Å². The molecule has 0 aliphatic heterocycles. The van der Waals surface area contributed by atoms with Gasteiger partial charge in [-0.3, -0.25) is 0 Å². The highest BCUT2D eigenvalue weighted by atomic mass is 35.5. The normalized spacial score (nSPS) is 11.3. The Morgan fingerprint density at radius 3 is 2.42 bits per heavy atom. The lowest BCUT2D eigenvalue weighted by molar-refractivity contribution is 0.602. The molecule has 2 aromatic rings. The number of sulfone groups is 1. The van der Waals surface area contributed by atoms with E-state index in [-0.39, 0.29) is 0 Å². The van der Waals surface area contributed by atoms with Gasteiger partial charge in [0.1, 0.15) is 0 Å². The van der Waals surface area contributed by atoms with Crippen LogP contribution in [0.4, 0.5) is 5.69 Å². The van der Waals surface area contributed by atoms with Crippen molar-refractivity contribution in [3.8, 4) is 0 Å². The summed E-state index contributed by atoms with van der Waals surface area (Å²) >= 11 is 5.81. The predicted molar refractivity (Wildman–Crippen MR) is 78.3 cm³/mol. The second-order valence-electron chi connectivity index (χ2n) is 4.28. The maximum Gasteiger partial charge on any atom is 0.175 e. The lowest BCUT2D eigenvalue weighted by Crippen LogP contribution is -2.01. The van der Waals surface area contributed by atoms with Gasteiger partial charge in [0.05, 0.1) is 4.90 Å². The summed E-state index contributed by atoms with van der Waals surface area (Å²) in [5, 5.41) is 3.88. The van der Waals surface area contributed by atoms with Gasteiger partial charge in [0.2, 0.25) is 0 Å². The molecule has 0 spiro atoms. The van der Waals surface area contributed by atoms with E-state index < -0.39 is 9.84 Å². The van der Waals surface area contributed by atoms with Gasteiger partial charge in [0, 0.05) is 23.5 Å².